The van der Waals surface area contributed by atoms with Crippen LogP contribution in [0.5, 0.6) is 0 Å². The number of rotatable bonds is 7. The number of aliphatic hydroxyl groups is 1. The van der Waals surface area contributed by atoms with Gasteiger partial charge in [-0.25, -0.2) is 0 Å². The first-order valence-corrected chi connectivity index (χ1v) is 7.32. The lowest BCUT2D eigenvalue weighted by molar-refractivity contribution is 0.108. The molecule has 1 rings (SSSR count). The van der Waals surface area contributed by atoms with Crippen molar-refractivity contribution in [2.24, 2.45) is 22.2 Å². The van der Waals surface area contributed by atoms with Crippen LogP contribution in [0.15, 0.2) is 5.16 Å². The average Bonchev–Trinajstić information content (AvgIpc) is 2.39. The van der Waals surface area contributed by atoms with Crippen LogP contribution in [0.1, 0.15) is 52.4 Å². The third kappa shape index (κ3) is 5.78. The smallest absolute Gasteiger partial charge is 0.144 e. The number of nitrogens with one attached hydrogen (secondary N) is 1. The van der Waals surface area contributed by atoms with Gasteiger partial charge in [-0.2, -0.15) is 0 Å². The van der Waals surface area contributed by atoms with Crippen LogP contribution < -0.4 is 11.1 Å². The van der Waals surface area contributed by atoms with Gasteiger partial charge in [0.1, 0.15) is 5.84 Å². The molecule has 5 heteroatoms. The van der Waals surface area contributed by atoms with Gasteiger partial charge in [-0.05, 0) is 57.5 Å². The van der Waals surface area contributed by atoms with Gasteiger partial charge >= 0.3 is 0 Å². The number of nitrogens with zero attached hydrogens (tertiary/aromatic N) is 1. The molecule has 0 amide bonds. The molecule has 0 aromatic carbocycles. The highest BCUT2D eigenvalue weighted by molar-refractivity contribution is 5.85. The predicted molar refractivity (Wildman–Crippen MR) is 77.3 cm³/mol. The maximum atomic E-state index is 9.44. The Morgan fingerprint density at radius 2 is 1.95 bits per heavy atom. The van der Waals surface area contributed by atoms with Gasteiger partial charge in [0.25, 0.3) is 0 Å². The van der Waals surface area contributed by atoms with E-state index in [4.69, 9.17) is 10.9 Å². The zero-order chi connectivity index (χ0) is 14.3. The quantitative estimate of drug-likeness (QED) is 0.186. The van der Waals surface area contributed by atoms with Crippen LogP contribution in [0.3, 0.4) is 0 Å². The molecule has 112 valence electrons. The number of hydrogen-bond donors (Lipinski definition) is 4. The molecule has 0 heterocycles. The normalized spacial score (nSPS) is 25.5. The Bertz CT molecular complexity index is 284. The molecule has 0 saturated heterocycles. The second-order valence-corrected chi connectivity index (χ2v) is 6.35. The molecule has 0 atom stereocenters. The van der Waals surface area contributed by atoms with E-state index >= 15 is 0 Å². The average molecular weight is 271 g/mol. The van der Waals surface area contributed by atoms with E-state index < -0.39 is 0 Å². The Hall–Kier alpha value is -0.810. The Kier molecular flexibility index (Phi) is 6.58. The third-order valence-electron chi connectivity index (χ3n) is 4.21. The number of amidine groups is 1. The van der Waals surface area contributed by atoms with E-state index in [1.54, 1.807) is 0 Å². The molecule has 0 aromatic rings. The van der Waals surface area contributed by atoms with Crippen molar-refractivity contribution in [3.05, 3.63) is 0 Å². The largest absolute Gasteiger partial charge is 0.409 e. The molecule has 0 radical (unpaired) electrons. The number of nitrogens with two attached hydrogens (primary N) is 1. The molecule has 1 aliphatic carbocycles. The minimum atomic E-state index is -0.245. The van der Waals surface area contributed by atoms with Crippen LogP contribution in [0.25, 0.3) is 0 Å². The van der Waals surface area contributed by atoms with Crippen molar-refractivity contribution in [1.29, 1.82) is 0 Å². The molecule has 19 heavy (non-hydrogen) atoms. The molecule has 0 unspecified atom stereocenters. The van der Waals surface area contributed by atoms with Gasteiger partial charge < -0.3 is 21.4 Å². The SMILES string of the molecule is CC(C)(CCCNCC1CCC(O)CC1)C(N)=NO. The van der Waals surface area contributed by atoms with Gasteiger partial charge in [-0.15, -0.1) is 0 Å². The highest BCUT2D eigenvalue weighted by atomic mass is 16.4. The van der Waals surface area contributed by atoms with Crippen LogP contribution in [-0.2, 0) is 0 Å². The fraction of sp³-hybridized carbons (Fsp3) is 0.929. The van der Waals surface area contributed by atoms with Crippen LogP contribution in [0.4, 0.5) is 0 Å². The summed E-state index contributed by atoms with van der Waals surface area (Å²) in [6.07, 6.45) is 6.00. The van der Waals surface area contributed by atoms with Crippen molar-refractivity contribution in [3.8, 4) is 0 Å². The van der Waals surface area contributed by atoms with E-state index in [0.717, 1.165) is 51.6 Å². The molecule has 1 fully saturated rings. The second kappa shape index (κ2) is 7.70. The van der Waals surface area contributed by atoms with Crippen molar-refractivity contribution in [1.82, 2.24) is 5.32 Å². The Morgan fingerprint density at radius 3 is 2.53 bits per heavy atom. The van der Waals surface area contributed by atoms with Crippen LogP contribution in [-0.4, -0.2) is 35.3 Å². The fourth-order valence-electron chi connectivity index (χ4n) is 2.57. The number of oxime groups is 1. The van der Waals surface area contributed by atoms with Crippen molar-refractivity contribution >= 4 is 5.84 Å². The Labute approximate surface area is 116 Å². The van der Waals surface area contributed by atoms with E-state index in [-0.39, 0.29) is 11.5 Å². The molecule has 1 saturated carbocycles. The van der Waals surface area contributed by atoms with E-state index in [9.17, 15) is 5.11 Å². The first-order valence-electron chi connectivity index (χ1n) is 7.32. The standard InChI is InChI=1S/C14H29N3O2/c1-14(2,13(15)17-19)8-3-9-16-10-11-4-6-12(18)7-5-11/h11-12,16,18-19H,3-10H2,1-2H3,(H2,15,17). The second-order valence-electron chi connectivity index (χ2n) is 6.35. The van der Waals surface area contributed by atoms with Crippen LogP contribution in [0.2, 0.25) is 0 Å². The molecule has 0 aliphatic heterocycles. The third-order valence-corrected chi connectivity index (χ3v) is 4.21. The highest BCUT2D eigenvalue weighted by Gasteiger charge is 2.23. The number of aliphatic hydroxyl groups excluding tert-OH is 1. The van der Waals surface area contributed by atoms with Gasteiger partial charge in [-0.1, -0.05) is 19.0 Å². The summed E-state index contributed by atoms with van der Waals surface area (Å²) >= 11 is 0. The Balaban J connectivity index is 2.08. The van der Waals surface area contributed by atoms with Gasteiger partial charge in [0.15, 0.2) is 0 Å². The summed E-state index contributed by atoms with van der Waals surface area (Å²) in [5.41, 5.74) is 5.41. The Morgan fingerprint density at radius 1 is 1.32 bits per heavy atom. The van der Waals surface area contributed by atoms with Crippen molar-refractivity contribution in [2.75, 3.05) is 13.1 Å². The van der Waals surface area contributed by atoms with Crippen LogP contribution >= 0.6 is 0 Å². The summed E-state index contributed by atoms with van der Waals surface area (Å²) in [4.78, 5) is 0. The van der Waals surface area contributed by atoms with E-state index in [1.807, 2.05) is 13.8 Å². The van der Waals surface area contributed by atoms with Gasteiger partial charge in [0, 0.05) is 5.41 Å². The van der Waals surface area contributed by atoms with Gasteiger partial charge in [-0.3, -0.25) is 0 Å². The zero-order valence-corrected chi connectivity index (χ0v) is 12.2. The molecule has 5 nitrogen and oxygen atoms in total. The van der Waals surface area contributed by atoms with Gasteiger partial charge in [0.05, 0.1) is 6.10 Å². The topological polar surface area (TPSA) is 90.9 Å². The monoisotopic (exact) mass is 271 g/mol. The lowest BCUT2D eigenvalue weighted by atomic mass is 9.86. The molecule has 5 N–H and O–H groups in total. The zero-order valence-electron chi connectivity index (χ0n) is 12.2. The molecule has 1 aliphatic rings. The van der Waals surface area contributed by atoms with E-state index in [2.05, 4.69) is 10.5 Å². The van der Waals surface area contributed by atoms with Crippen molar-refractivity contribution in [3.63, 3.8) is 0 Å². The maximum absolute atomic E-state index is 9.44. The van der Waals surface area contributed by atoms with Crippen molar-refractivity contribution in [2.45, 2.75) is 58.5 Å². The number of hydrogen-bond acceptors (Lipinski definition) is 4. The summed E-state index contributed by atoms with van der Waals surface area (Å²) in [5, 5.41) is 24.7. The van der Waals surface area contributed by atoms with E-state index in [0.29, 0.717) is 11.8 Å². The molecule has 0 bridgehead atoms. The summed E-state index contributed by atoms with van der Waals surface area (Å²) < 4.78 is 0. The summed E-state index contributed by atoms with van der Waals surface area (Å²) in [6.45, 7) is 5.98. The predicted octanol–water partition coefficient (Wildman–Crippen LogP) is 1.68. The minimum absolute atomic E-state index is 0.0715. The van der Waals surface area contributed by atoms with Gasteiger partial charge in [0.2, 0.25) is 0 Å². The van der Waals surface area contributed by atoms with E-state index in [1.165, 1.54) is 0 Å². The van der Waals surface area contributed by atoms with Crippen molar-refractivity contribution < 1.29 is 10.3 Å². The fourth-order valence-corrected chi connectivity index (χ4v) is 2.57. The first kappa shape index (κ1) is 16.2. The first-order chi connectivity index (χ1) is 8.95. The molecular formula is C14H29N3O2. The lowest BCUT2D eigenvalue weighted by Gasteiger charge is -2.26. The maximum Gasteiger partial charge on any atom is 0.144 e. The lowest BCUT2D eigenvalue weighted by Crippen LogP contribution is -2.33. The summed E-state index contributed by atoms with van der Waals surface area (Å²) in [7, 11) is 0. The van der Waals surface area contributed by atoms with Crippen LogP contribution in [0, 0.1) is 11.3 Å². The highest BCUT2D eigenvalue weighted by Crippen LogP contribution is 2.24. The molecule has 0 spiro atoms. The molecule has 0 aromatic heterocycles. The summed E-state index contributed by atoms with van der Waals surface area (Å²) in [5.74, 6) is 1.01. The molecular weight excluding hydrogens is 242 g/mol. The minimum Gasteiger partial charge on any atom is -0.409 e. The summed E-state index contributed by atoms with van der Waals surface area (Å²) in [6, 6.07) is 0.